The van der Waals surface area contributed by atoms with Crippen LogP contribution in [0.3, 0.4) is 0 Å². The molecule has 0 bridgehead atoms. The van der Waals surface area contributed by atoms with Gasteiger partial charge in [-0.2, -0.15) is 5.10 Å². The summed E-state index contributed by atoms with van der Waals surface area (Å²) >= 11 is 0. The third-order valence-electron chi connectivity index (χ3n) is 2.89. The predicted octanol–water partition coefficient (Wildman–Crippen LogP) is 2.04. The van der Waals surface area contributed by atoms with Crippen molar-refractivity contribution in [2.75, 3.05) is 0 Å². The SMILES string of the molecule is Cc1nn(CCC(=O)O)c(C)c1-c1ccncc1. The average molecular weight is 245 g/mol. The summed E-state index contributed by atoms with van der Waals surface area (Å²) in [7, 11) is 0. The first kappa shape index (κ1) is 12.3. The van der Waals surface area contributed by atoms with Crippen LogP contribution in [0.5, 0.6) is 0 Å². The van der Waals surface area contributed by atoms with Gasteiger partial charge < -0.3 is 5.11 Å². The van der Waals surface area contributed by atoms with Crippen LogP contribution < -0.4 is 0 Å². The summed E-state index contributed by atoms with van der Waals surface area (Å²) in [6.45, 7) is 4.28. The van der Waals surface area contributed by atoms with Crippen LogP contribution in [0.15, 0.2) is 24.5 Å². The van der Waals surface area contributed by atoms with Gasteiger partial charge >= 0.3 is 5.97 Å². The third kappa shape index (κ3) is 2.40. The van der Waals surface area contributed by atoms with E-state index in [-0.39, 0.29) is 6.42 Å². The van der Waals surface area contributed by atoms with Crippen molar-refractivity contribution in [1.29, 1.82) is 0 Å². The lowest BCUT2D eigenvalue weighted by atomic mass is 10.1. The topological polar surface area (TPSA) is 68.0 Å². The minimum absolute atomic E-state index is 0.0811. The lowest BCUT2D eigenvalue weighted by Crippen LogP contribution is -2.07. The minimum atomic E-state index is -0.812. The Hall–Kier alpha value is -2.17. The summed E-state index contributed by atoms with van der Waals surface area (Å²) in [6.07, 6.45) is 3.56. The second-order valence-electron chi connectivity index (χ2n) is 4.15. The molecule has 2 heterocycles. The number of aryl methyl sites for hydroxylation is 2. The van der Waals surface area contributed by atoms with Gasteiger partial charge in [0.25, 0.3) is 0 Å². The van der Waals surface area contributed by atoms with Crippen molar-refractivity contribution in [3.05, 3.63) is 35.9 Å². The van der Waals surface area contributed by atoms with Crippen LogP contribution in [0.4, 0.5) is 0 Å². The fourth-order valence-corrected chi connectivity index (χ4v) is 2.05. The summed E-state index contributed by atoms with van der Waals surface area (Å²) in [6, 6.07) is 3.86. The number of hydrogen-bond acceptors (Lipinski definition) is 3. The van der Waals surface area contributed by atoms with Gasteiger partial charge in [-0.15, -0.1) is 0 Å². The van der Waals surface area contributed by atoms with Crippen LogP contribution in [0.2, 0.25) is 0 Å². The Morgan fingerprint density at radius 1 is 1.33 bits per heavy atom. The van der Waals surface area contributed by atoms with Crippen molar-refractivity contribution in [3.8, 4) is 11.1 Å². The fraction of sp³-hybridized carbons (Fsp3) is 0.308. The molecule has 0 aliphatic carbocycles. The number of aliphatic carboxylic acids is 1. The average Bonchev–Trinajstić information content (AvgIpc) is 2.63. The second kappa shape index (κ2) is 5.00. The molecule has 1 N–H and O–H groups in total. The molecule has 2 rings (SSSR count). The highest BCUT2D eigenvalue weighted by atomic mass is 16.4. The largest absolute Gasteiger partial charge is 0.481 e. The maximum atomic E-state index is 10.6. The minimum Gasteiger partial charge on any atom is -0.481 e. The number of carboxylic acid groups (broad SMARTS) is 1. The summed E-state index contributed by atoms with van der Waals surface area (Å²) < 4.78 is 1.75. The van der Waals surface area contributed by atoms with Crippen molar-refractivity contribution in [1.82, 2.24) is 14.8 Å². The summed E-state index contributed by atoms with van der Waals surface area (Å²) in [5.74, 6) is -0.812. The number of pyridine rings is 1. The van der Waals surface area contributed by atoms with Crippen molar-refractivity contribution in [3.63, 3.8) is 0 Å². The van der Waals surface area contributed by atoms with Crippen LogP contribution in [-0.4, -0.2) is 25.8 Å². The molecule has 94 valence electrons. The highest BCUT2D eigenvalue weighted by molar-refractivity contribution is 5.68. The molecule has 0 saturated heterocycles. The molecule has 5 heteroatoms. The Kier molecular flexibility index (Phi) is 3.41. The summed E-state index contributed by atoms with van der Waals surface area (Å²) in [4.78, 5) is 14.6. The summed E-state index contributed by atoms with van der Waals surface area (Å²) in [5, 5.41) is 13.1. The van der Waals surface area contributed by atoms with Gasteiger partial charge in [0.05, 0.1) is 18.7 Å². The first-order valence-corrected chi connectivity index (χ1v) is 5.76. The van der Waals surface area contributed by atoms with Crippen LogP contribution in [0.1, 0.15) is 17.8 Å². The zero-order valence-corrected chi connectivity index (χ0v) is 10.4. The lowest BCUT2D eigenvalue weighted by molar-refractivity contribution is -0.137. The van der Waals surface area contributed by atoms with E-state index in [0.29, 0.717) is 6.54 Å². The van der Waals surface area contributed by atoms with Crippen LogP contribution in [-0.2, 0) is 11.3 Å². The zero-order chi connectivity index (χ0) is 13.1. The molecular formula is C13H15N3O2. The van der Waals surface area contributed by atoms with E-state index < -0.39 is 5.97 Å². The predicted molar refractivity (Wildman–Crippen MR) is 67.2 cm³/mol. The van der Waals surface area contributed by atoms with E-state index in [1.165, 1.54) is 0 Å². The van der Waals surface area contributed by atoms with Gasteiger partial charge in [0.2, 0.25) is 0 Å². The molecule has 0 aromatic carbocycles. The van der Waals surface area contributed by atoms with E-state index in [1.54, 1.807) is 17.1 Å². The Balaban J connectivity index is 2.35. The number of carbonyl (C=O) groups is 1. The van der Waals surface area contributed by atoms with Gasteiger partial charge in [0.1, 0.15) is 0 Å². The zero-order valence-electron chi connectivity index (χ0n) is 10.4. The second-order valence-corrected chi connectivity index (χ2v) is 4.15. The van der Waals surface area contributed by atoms with Gasteiger partial charge in [0, 0.05) is 23.7 Å². The maximum absolute atomic E-state index is 10.6. The van der Waals surface area contributed by atoms with Gasteiger partial charge in [-0.05, 0) is 31.5 Å². The Labute approximate surface area is 105 Å². The monoisotopic (exact) mass is 245 g/mol. The molecule has 0 aliphatic rings. The first-order valence-electron chi connectivity index (χ1n) is 5.76. The van der Waals surface area contributed by atoms with E-state index in [4.69, 9.17) is 5.11 Å². The van der Waals surface area contributed by atoms with Crippen molar-refractivity contribution < 1.29 is 9.90 Å². The highest BCUT2D eigenvalue weighted by Gasteiger charge is 2.13. The van der Waals surface area contributed by atoms with Crippen LogP contribution >= 0.6 is 0 Å². The molecular weight excluding hydrogens is 230 g/mol. The molecule has 0 radical (unpaired) electrons. The molecule has 0 spiro atoms. The Morgan fingerprint density at radius 2 is 2.00 bits per heavy atom. The number of aromatic nitrogens is 3. The number of carboxylic acids is 1. The number of nitrogens with zero attached hydrogens (tertiary/aromatic N) is 3. The molecule has 2 aromatic heterocycles. The van der Waals surface area contributed by atoms with Gasteiger partial charge in [-0.3, -0.25) is 14.5 Å². The molecule has 0 unspecified atom stereocenters. The first-order chi connectivity index (χ1) is 8.59. The Morgan fingerprint density at radius 3 is 2.61 bits per heavy atom. The van der Waals surface area contributed by atoms with E-state index >= 15 is 0 Å². The van der Waals surface area contributed by atoms with Crippen molar-refractivity contribution in [2.45, 2.75) is 26.8 Å². The molecule has 5 nitrogen and oxygen atoms in total. The van der Waals surface area contributed by atoms with Gasteiger partial charge in [0.15, 0.2) is 0 Å². The highest BCUT2D eigenvalue weighted by Crippen LogP contribution is 2.26. The van der Waals surface area contributed by atoms with Crippen molar-refractivity contribution in [2.24, 2.45) is 0 Å². The smallest absolute Gasteiger partial charge is 0.305 e. The molecule has 0 saturated carbocycles. The number of rotatable bonds is 4. The summed E-state index contributed by atoms with van der Waals surface area (Å²) in [5.41, 5.74) is 4.01. The lowest BCUT2D eigenvalue weighted by Gasteiger charge is -2.04. The molecule has 18 heavy (non-hydrogen) atoms. The van der Waals surface area contributed by atoms with Gasteiger partial charge in [-0.25, -0.2) is 0 Å². The maximum Gasteiger partial charge on any atom is 0.305 e. The molecule has 0 amide bonds. The standard InChI is InChI=1S/C13H15N3O2/c1-9-13(11-3-6-14-7-4-11)10(2)16(15-9)8-5-12(17)18/h3-4,6-7H,5,8H2,1-2H3,(H,17,18). The molecule has 0 aliphatic heterocycles. The van der Waals surface area contributed by atoms with E-state index in [2.05, 4.69) is 10.1 Å². The van der Waals surface area contributed by atoms with E-state index in [1.807, 2.05) is 26.0 Å². The molecule has 0 atom stereocenters. The molecule has 2 aromatic rings. The third-order valence-corrected chi connectivity index (χ3v) is 2.89. The van der Waals surface area contributed by atoms with E-state index in [0.717, 1.165) is 22.5 Å². The van der Waals surface area contributed by atoms with Crippen LogP contribution in [0.25, 0.3) is 11.1 Å². The molecule has 0 fully saturated rings. The number of hydrogen-bond donors (Lipinski definition) is 1. The van der Waals surface area contributed by atoms with Crippen LogP contribution in [0, 0.1) is 13.8 Å². The quantitative estimate of drug-likeness (QED) is 0.895. The normalized spacial score (nSPS) is 10.6. The van der Waals surface area contributed by atoms with Crippen molar-refractivity contribution >= 4 is 5.97 Å². The fourth-order valence-electron chi connectivity index (χ4n) is 2.05. The van der Waals surface area contributed by atoms with Gasteiger partial charge in [-0.1, -0.05) is 0 Å². The van der Waals surface area contributed by atoms with E-state index in [9.17, 15) is 4.79 Å². The Bertz CT molecular complexity index is 561.